The van der Waals surface area contributed by atoms with Crippen LogP contribution in [0.3, 0.4) is 0 Å². The molecule has 0 aromatic carbocycles. The Kier molecular flexibility index (Phi) is 0.894. The van der Waals surface area contributed by atoms with Crippen LogP contribution in [-0.4, -0.2) is 0 Å². The maximum atomic E-state index is 12.0. The molecule has 0 aromatic rings. The first-order valence-electron chi connectivity index (χ1n) is 1.87. The van der Waals surface area contributed by atoms with E-state index in [1.54, 1.807) is 0 Å². The van der Waals surface area contributed by atoms with Gasteiger partial charge >= 0.3 is 0 Å². The third-order valence-electron chi connectivity index (χ3n) is 0.690. The van der Waals surface area contributed by atoms with Crippen LogP contribution in [0.5, 0.6) is 0 Å². The first kappa shape index (κ1) is 4.79. The fourth-order valence-corrected chi connectivity index (χ4v) is 1.15. The number of halogens is 1. The summed E-state index contributed by atoms with van der Waals surface area (Å²) in [6.07, 6.45) is 2.89. The molecule has 1 aliphatic heterocycles. The molecule has 0 N–H and O–H groups in total. The summed E-state index contributed by atoms with van der Waals surface area (Å²) in [7, 11) is -3.40. The van der Waals surface area contributed by atoms with Crippen LogP contribution in [0.4, 0.5) is 4.20 Å². The summed E-state index contributed by atoms with van der Waals surface area (Å²) < 4.78 is 22.2. The second-order valence-electron chi connectivity index (χ2n) is 1.31. The lowest BCUT2D eigenvalue weighted by Crippen LogP contribution is -1.45. The van der Waals surface area contributed by atoms with E-state index in [-0.39, 0.29) is 0 Å². The predicted molar refractivity (Wildman–Crippen MR) is 27.0 cm³/mol. The monoisotopic (exact) mass is 118 g/mol. The second-order valence-corrected chi connectivity index (χ2v) is 3.15. The van der Waals surface area contributed by atoms with Gasteiger partial charge in [-0.2, -0.15) is 4.20 Å². The lowest BCUT2D eigenvalue weighted by atomic mass is 10.6. The summed E-state index contributed by atoms with van der Waals surface area (Å²) in [5.74, 6) is 2.15. The van der Waals surface area contributed by atoms with Crippen molar-refractivity contribution in [2.45, 2.75) is 0 Å². The van der Waals surface area contributed by atoms with Gasteiger partial charge in [0.05, 0.1) is 0 Å². The van der Waals surface area contributed by atoms with Crippen molar-refractivity contribution >= 4 is 7.45 Å². The van der Waals surface area contributed by atoms with Crippen LogP contribution in [0, 0.1) is 0 Å². The first-order chi connectivity index (χ1) is 3.21. The second kappa shape index (κ2) is 1.31. The molecule has 7 heavy (non-hydrogen) atoms. The molecule has 0 saturated heterocycles. The summed E-state index contributed by atoms with van der Waals surface area (Å²) in [5.41, 5.74) is 0. The minimum absolute atomic E-state index is 1.08. The van der Waals surface area contributed by atoms with E-state index in [2.05, 4.69) is 0 Å². The molecular formula is C4H4FOP. The molecule has 0 aromatic heterocycles. The lowest BCUT2D eigenvalue weighted by molar-refractivity contribution is 0.557. The molecule has 0 bridgehead atoms. The number of rotatable bonds is 0. The summed E-state index contributed by atoms with van der Waals surface area (Å²) >= 11 is 0. The summed E-state index contributed by atoms with van der Waals surface area (Å²) in [6.45, 7) is 0. The van der Waals surface area contributed by atoms with Gasteiger partial charge in [-0.15, -0.1) is 0 Å². The van der Waals surface area contributed by atoms with Gasteiger partial charge in [-0.05, 0) is 0 Å². The van der Waals surface area contributed by atoms with E-state index in [1.165, 1.54) is 12.2 Å². The van der Waals surface area contributed by atoms with Crippen molar-refractivity contribution in [3.8, 4) is 0 Å². The molecule has 0 aliphatic carbocycles. The summed E-state index contributed by atoms with van der Waals surface area (Å²) in [5, 5.41) is 0. The Morgan fingerprint density at radius 1 is 1.29 bits per heavy atom. The fraction of sp³-hybridized carbons (Fsp3) is 0. The van der Waals surface area contributed by atoms with E-state index >= 15 is 0 Å². The maximum Gasteiger partial charge on any atom is 0.286 e. The van der Waals surface area contributed by atoms with Crippen molar-refractivity contribution in [1.29, 1.82) is 0 Å². The number of allylic oxidation sites excluding steroid dienone is 2. The van der Waals surface area contributed by atoms with Crippen LogP contribution in [0.1, 0.15) is 0 Å². The van der Waals surface area contributed by atoms with Crippen LogP contribution in [-0.2, 0) is 4.57 Å². The Hall–Kier alpha value is -0.360. The third-order valence-corrected chi connectivity index (χ3v) is 1.85. The van der Waals surface area contributed by atoms with Crippen LogP contribution < -0.4 is 0 Å². The molecule has 38 valence electrons. The van der Waals surface area contributed by atoms with Crippen molar-refractivity contribution in [1.82, 2.24) is 0 Å². The van der Waals surface area contributed by atoms with Gasteiger partial charge in [0.2, 0.25) is 0 Å². The SMILES string of the molecule is O=P1(F)C=CC=C1. The highest BCUT2D eigenvalue weighted by molar-refractivity contribution is 7.65. The topological polar surface area (TPSA) is 17.1 Å². The molecular weight excluding hydrogens is 114 g/mol. The van der Waals surface area contributed by atoms with Crippen molar-refractivity contribution in [2.24, 2.45) is 0 Å². The minimum atomic E-state index is -3.40. The molecule has 1 aliphatic rings. The molecule has 0 amide bonds. The predicted octanol–water partition coefficient (Wildman–Crippen LogP) is 2.28. The number of hydrogen-bond acceptors (Lipinski definition) is 1. The van der Waals surface area contributed by atoms with E-state index in [0.29, 0.717) is 0 Å². The minimum Gasteiger partial charge on any atom is -0.279 e. The van der Waals surface area contributed by atoms with Gasteiger partial charge in [-0.25, -0.2) is 0 Å². The average Bonchev–Trinajstić information content (AvgIpc) is 1.84. The van der Waals surface area contributed by atoms with E-state index < -0.39 is 7.45 Å². The maximum absolute atomic E-state index is 12.0. The highest BCUT2D eigenvalue weighted by Gasteiger charge is 2.12. The third kappa shape index (κ3) is 1.00. The number of hydrogen-bond donors (Lipinski definition) is 0. The molecule has 0 atom stereocenters. The van der Waals surface area contributed by atoms with Gasteiger partial charge in [0.25, 0.3) is 7.45 Å². The highest BCUT2D eigenvalue weighted by atomic mass is 31.2. The zero-order valence-electron chi connectivity index (χ0n) is 3.54. The normalized spacial score (nSPS) is 23.6. The Labute approximate surface area is 41.0 Å². The standard InChI is InChI=1S/C4H4FOP/c5-7(6)3-1-2-4-7/h1-4H. The molecule has 3 heteroatoms. The van der Waals surface area contributed by atoms with Crippen molar-refractivity contribution in [2.75, 3.05) is 0 Å². The molecule has 0 saturated carbocycles. The van der Waals surface area contributed by atoms with Gasteiger partial charge < -0.3 is 0 Å². The van der Waals surface area contributed by atoms with Crippen LogP contribution in [0.15, 0.2) is 23.8 Å². The Morgan fingerprint density at radius 3 is 1.86 bits per heavy atom. The molecule has 0 fully saturated rings. The van der Waals surface area contributed by atoms with Gasteiger partial charge in [0, 0.05) is 11.6 Å². The average molecular weight is 118 g/mol. The zero-order valence-corrected chi connectivity index (χ0v) is 4.44. The molecule has 0 radical (unpaired) electrons. The molecule has 1 rings (SSSR count). The van der Waals surface area contributed by atoms with E-state index in [4.69, 9.17) is 0 Å². The zero-order chi connectivity index (χ0) is 5.33. The van der Waals surface area contributed by atoms with Crippen LogP contribution >= 0.6 is 7.45 Å². The Morgan fingerprint density at radius 2 is 1.71 bits per heavy atom. The van der Waals surface area contributed by atoms with E-state index in [0.717, 1.165) is 11.6 Å². The van der Waals surface area contributed by atoms with Crippen LogP contribution in [0.25, 0.3) is 0 Å². The Bertz CT molecular complexity index is 155. The molecule has 0 spiro atoms. The van der Waals surface area contributed by atoms with Crippen molar-refractivity contribution in [3.05, 3.63) is 23.8 Å². The fourth-order valence-electron chi connectivity index (χ4n) is 0.384. The van der Waals surface area contributed by atoms with Gasteiger partial charge in [-0.3, -0.25) is 4.57 Å². The van der Waals surface area contributed by atoms with E-state index in [9.17, 15) is 8.76 Å². The smallest absolute Gasteiger partial charge is 0.279 e. The van der Waals surface area contributed by atoms with Crippen LogP contribution in [0.2, 0.25) is 0 Å². The molecule has 1 heterocycles. The van der Waals surface area contributed by atoms with Crippen molar-refractivity contribution < 1.29 is 8.76 Å². The molecule has 1 nitrogen and oxygen atoms in total. The van der Waals surface area contributed by atoms with Gasteiger partial charge in [0.15, 0.2) is 0 Å². The summed E-state index contributed by atoms with van der Waals surface area (Å²) in [4.78, 5) is 0. The Balaban J connectivity index is 2.99. The molecule has 0 unspecified atom stereocenters. The largest absolute Gasteiger partial charge is 0.286 e. The van der Waals surface area contributed by atoms with Gasteiger partial charge in [-0.1, -0.05) is 12.2 Å². The lowest BCUT2D eigenvalue weighted by Gasteiger charge is -1.84. The summed E-state index contributed by atoms with van der Waals surface area (Å²) in [6, 6.07) is 0. The quantitative estimate of drug-likeness (QED) is 0.446. The highest BCUT2D eigenvalue weighted by Crippen LogP contribution is 2.53. The first-order valence-corrected chi connectivity index (χ1v) is 3.60. The van der Waals surface area contributed by atoms with Gasteiger partial charge in [0.1, 0.15) is 0 Å². The van der Waals surface area contributed by atoms with Crippen molar-refractivity contribution in [3.63, 3.8) is 0 Å². The van der Waals surface area contributed by atoms with E-state index in [1.807, 2.05) is 0 Å².